The summed E-state index contributed by atoms with van der Waals surface area (Å²) in [5, 5.41) is 5.66. The van der Waals surface area contributed by atoms with Crippen LogP contribution in [0.4, 0.5) is 11.4 Å². The standard InChI is InChI=1S/C23H22N2O3/c1-23(2,28-20-11-7-4-8-12-20)22(27)25-19-15-13-18(14-16-19)24-21(26)17-9-5-3-6-10-17/h3-16H,1-2H3,(H,24,26)(H,25,27). The molecular formula is C23H22N2O3. The number of para-hydroxylation sites is 1. The number of rotatable bonds is 6. The summed E-state index contributed by atoms with van der Waals surface area (Å²) in [6.45, 7) is 3.42. The Kier molecular flexibility index (Phi) is 5.75. The van der Waals surface area contributed by atoms with E-state index in [0.717, 1.165) is 0 Å². The molecule has 5 nitrogen and oxygen atoms in total. The first-order chi connectivity index (χ1) is 13.4. The highest BCUT2D eigenvalue weighted by Gasteiger charge is 2.30. The molecule has 0 heterocycles. The van der Waals surface area contributed by atoms with Crippen molar-refractivity contribution in [2.24, 2.45) is 0 Å². The molecule has 3 rings (SSSR count). The van der Waals surface area contributed by atoms with Gasteiger partial charge in [-0.15, -0.1) is 0 Å². The van der Waals surface area contributed by atoms with Crippen LogP contribution in [0.25, 0.3) is 0 Å². The van der Waals surface area contributed by atoms with Gasteiger partial charge in [-0.3, -0.25) is 9.59 Å². The number of carbonyl (C=O) groups excluding carboxylic acids is 2. The molecule has 28 heavy (non-hydrogen) atoms. The summed E-state index contributed by atoms with van der Waals surface area (Å²) in [4.78, 5) is 24.8. The van der Waals surface area contributed by atoms with Crippen LogP contribution in [-0.2, 0) is 4.79 Å². The second kappa shape index (κ2) is 8.39. The summed E-state index contributed by atoms with van der Waals surface area (Å²) >= 11 is 0. The number of hydrogen-bond donors (Lipinski definition) is 2. The summed E-state index contributed by atoms with van der Waals surface area (Å²) in [5.41, 5.74) is 0.806. The lowest BCUT2D eigenvalue weighted by atomic mass is 10.1. The molecule has 5 heteroatoms. The van der Waals surface area contributed by atoms with Crippen molar-refractivity contribution < 1.29 is 14.3 Å². The number of nitrogens with one attached hydrogen (secondary N) is 2. The van der Waals surface area contributed by atoms with Crippen molar-refractivity contribution in [1.82, 2.24) is 0 Å². The monoisotopic (exact) mass is 374 g/mol. The van der Waals surface area contributed by atoms with Crippen molar-refractivity contribution in [2.75, 3.05) is 10.6 Å². The second-order valence-corrected chi connectivity index (χ2v) is 6.78. The Bertz CT molecular complexity index is 937. The fourth-order valence-corrected chi connectivity index (χ4v) is 2.54. The topological polar surface area (TPSA) is 67.4 Å². The third kappa shape index (κ3) is 4.98. The lowest BCUT2D eigenvalue weighted by Gasteiger charge is -2.25. The summed E-state index contributed by atoms with van der Waals surface area (Å²) in [6, 6.07) is 25.1. The van der Waals surface area contributed by atoms with Crippen LogP contribution in [0.3, 0.4) is 0 Å². The molecular weight excluding hydrogens is 352 g/mol. The predicted molar refractivity (Wildman–Crippen MR) is 111 cm³/mol. The first kappa shape index (κ1) is 19.2. The Balaban J connectivity index is 1.60. The normalized spacial score (nSPS) is 10.8. The quantitative estimate of drug-likeness (QED) is 0.655. The largest absolute Gasteiger partial charge is 0.478 e. The first-order valence-electron chi connectivity index (χ1n) is 8.96. The van der Waals surface area contributed by atoms with Gasteiger partial charge in [-0.1, -0.05) is 36.4 Å². The highest BCUT2D eigenvalue weighted by molar-refractivity contribution is 6.04. The van der Waals surface area contributed by atoms with Gasteiger partial charge in [-0.05, 0) is 62.4 Å². The van der Waals surface area contributed by atoms with E-state index in [1.165, 1.54) is 0 Å². The van der Waals surface area contributed by atoms with Crippen molar-refractivity contribution in [2.45, 2.75) is 19.4 Å². The zero-order chi connectivity index (χ0) is 20.0. The third-order valence-corrected chi connectivity index (χ3v) is 4.10. The molecule has 3 aromatic carbocycles. The summed E-state index contributed by atoms with van der Waals surface area (Å²) in [7, 11) is 0. The van der Waals surface area contributed by atoms with Crippen LogP contribution >= 0.6 is 0 Å². The van der Waals surface area contributed by atoms with E-state index in [-0.39, 0.29) is 11.8 Å². The highest BCUT2D eigenvalue weighted by Crippen LogP contribution is 2.21. The van der Waals surface area contributed by atoms with Crippen LogP contribution in [0.1, 0.15) is 24.2 Å². The zero-order valence-electron chi connectivity index (χ0n) is 15.8. The first-order valence-corrected chi connectivity index (χ1v) is 8.96. The van der Waals surface area contributed by atoms with E-state index in [1.807, 2.05) is 36.4 Å². The molecule has 0 radical (unpaired) electrons. The van der Waals surface area contributed by atoms with Gasteiger partial charge in [0.15, 0.2) is 5.60 Å². The number of carbonyl (C=O) groups is 2. The molecule has 0 aliphatic heterocycles. The maximum atomic E-state index is 12.6. The Labute approximate surface area is 164 Å². The smallest absolute Gasteiger partial charge is 0.267 e. The molecule has 2 amide bonds. The van der Waals surface area contributed by atoms with Crippen molar-refractivity contribution in [1.29, 1.82) is 0 Å². The Morgan fingerprint density at radius 2 is 1.21 bits per heavy atom. The van der Waals surface area contributed by atoms with E-state index in [2.05, 4.69) is 10.6 Å². The molecule has 0 unspecified atom stereocenters. The van der Waals surface area contributed by atoms with Crippen molar-refractivity contribution in [3.05, 3.63) is 90.5 Å². The Morgan fingerprint density at radius 3 is 1.79 bits per heavy atom. The average Bonchev–Trinajstić information content (AvgIpc) is 2.70. The summed E-state index contributed by atoms with van der Waals surface area (Å²) in [6.07, 6.45) is 0. The molecule has 0 bridgehead atoms. The molecule has 142 valence electrons. The Morgan fingerprint density at radius 1 is 0.714 bits per heavy atom. The van der Waals surface area contributed by atoms with Gasteiger partial charge in [-0.25, -0.2) is 0 Å². The Hall–Kier alpha value is -3.60. The van der Waals surface area contributed by atoms with Crippen LogP contribution in [-0.4, -0.2) is 17.4 Å². The fourth-order valence-electron chi connectivity index (χ4n) is 2.54. The maximum Gasteiger partial charge on any atom is 0.267 e. The zero-order valence-corrected chi connectivity index (χ0v) is 15.8. The summed E-state index contributed by atoms with van der Waals surface area (Å²) in [5.74, 6) is 0.175. The molecule has 3 aromatic rings. The average molecular weight is 374 g/mol. The van der Waals surface area contributed by atoms with Crippen LogP contribution < -0.4 is 15.4 Å². The van der Waals surface area contributed by atoms with Crippen molar-refractivity contribution >= 4 is 23.2 Å². The van der Waals surface area contributed by atoms with E-state index < -0.39 is 5.60 Å². The van der Waals surface area contributed by atoms with Gasteiger partial charge in [0, 0.05) is 16.9 Å². The molecule has 0 spiro atoms. The van der Waals surface area contributed by atoms with E-state index >= 15 is 0 Å². The van der Waals surface area contributed by atoms with Crippen LogP contribution in [0.2, 0.25) is 0 Å². The molecule has 0 aromatic heterocycles. The van der Waals surface area contributed by atoms with Crippen molar-refractivity contribution in [3.8, 4) is 5.75 Å². The van der Waals surface area contributed by atoms with Gasteiger partial charge in [0.2, 0.25) is 0 Å². The van der Waals surface area contributed by atoms with Gasteiger partial charge >= 0.3 is 0 Å². The van der Waals surface area contributed by atoms with Crippen molar-refractivity contribution in [3.63, 3.8) is 0 Å². The molecule has 0 atom stereocenters. The number of ether oxygens (including phenoxy) is 1. The van der Waals surface area contributed by atoms with E-state index in [1.54, 1.807) is 62.4 Å². The number of amides is 2. The van der Waals surface area contributed by atoms with Gasteiger partial charge in [0.25, 0.3) is 11.8 Å². The third-order valence-electron chi connectivity index (χ3n) is 4.10. The SMILES string of the molecule is CC(C)(Oc1ccccc1)C(=O)Nc1ccc(NC(=O)c2ccccc2)cc1. The van der Waals surface area contributed by atoms with Gasteiger partial charge in [0.1, 0.15) is 5.75 Å². The molecule has 0 saturated carbocycles. The fraction of sp³-hybridized carbons (Fsp3) is 0.130. The number of anilines is 2. The minimum atomic E-state index is -1.04. The van der Waals surface area contributed by atoms with Gasteiger partial charge in [-0.2, -0.15) is 0 Å². The summed E-state index contributed by atoms with van der Waals surface area (Å²) < 4.78 is 5.79. The van der Waals surface area contributed by atoms with E-state index in [4.69, 9.17) is 4.74 Å². The van der Waals surface area contributed by atoms with Gasteiger partial charge in [0.05, 0.1) is 0 Å². The highest BCUT2D eigenvalue weighted by atomic mass is 16.5. The van der Waals surface area contributed by atoms with Crippen LogP contribution in [0.5, 0.6) is 5.75 Å². The van der Waals surface area contributed by atoms with Crippen LogP contribution in [0, 0.1) is 0 Å². The van der Waals surface area contributed by atoms with Crippen LogP contribution in [0.15, 0.2) is 84.9 Å². The minimum Gasteiger partial charge on any atom is -0.478 e. The molecule has 0 aliphatic rings. The molecule has 0 fully saturated rings. The maximum absolute atomic E-state index is 12.6. The number of benzene rings is 3. The van der Waals surface area contributed by atoms with E-state index in [9.17, 15) is 9.59 Å². The number of hydrogen-bond acceptors (Lipinski definition) is 3. The lowest BCUT2D eigenvalue weighted by Crippen LogP contribution is -2.42. The second-order valence-electron chi connectivity index (χ2n) is 6.78. The van der Waals surface area contributed by atoms with E-state index in [0.29, 0.717) is 22.7 Å². The molecule has 0 saturated heterocycles. The molecule has 2 N–H and O–H groups in total. The van der Waals surface area contributed by atoms with Gasteiger partial charge < -0.3 is 15.4 Å². The lowest BCUT2D eigenvalue weighted by molar-refractivity contribution is -0.128. The minimum absolute atomic E-state index is 0.185. The predicted octanol–water partition coefficient (Wildman–Crippen LogP) is 4.74. The molecule has 0 aliphatic carbocycles.